The van der Waals surface area contributed by atoms with Gasteiger partial charge in [-0.1, -0.05) is 29.8 Å². The van der Waals surface area contributed by atoms with Gasteiger partial charge >= 0.3 is 0 Å². The van der Waals surface area contributed by atoms with Crippen molar-refractivity contribution in [2.75, 3.05) is 18.1 Å². The van der Waals surface area contributed by atoms with E-state index in [-0.39, 0.29) is 5.79 Å². The number of allylic oxidation sites excluding steroid dienone is 1. The van der Waals surface area contributed by atoms with E-state index in [9.17, 15) is 0 Å². The average Bonchev–Trinajstić information content (AvgIpc) is 3.11. The van der Waals surface area contributed by atoms with E-state index < -0.39 is 0 Å². The van der Waals surface area contributed by atoms with Gasteiger partial charge in [-0.3, -0.25) is 0 Å². The van der Waals surface area contributed by atoms with Crippen LogP contribution in [0.2, 0.25) is 0 Å². The average molecular weight is 335 g/mol. The number of ether oxygens (including phenoxy) is 3. The van der Waals surface area contributed by atoms with Gasteiger partial charge in [-0.25, -0.2) is 0 Å². The van der Waals surface area contributed by atoms with Crippen molar-refractivity contribution in [3.63, 3.8) is 0 Å². The van der Waals surface area contributed by atoms with E-state index in [1.165, 1.54) is 5.57 Å². The molecule has 0 aromatic heterocycles. The normalized spacial score (nSPS) is 20.8. The lowest BCUT2D eigenvalue weighted by Gasteiger charge is -2.35. The van der Waals surface area contributed by atoms with E-state index >= 15 is 0 Å². The molecule has 2 aliphatic heterocycles. The fourth-order valence-corrected chi connectivity index (χ4v) is 3.92. The second-order valence-electron chi connectivity index (χ2n) is 6.80. The smallest absolute Gasteiger partial charge is 0.169 e. The van der Waals surface area contributed by atoms with Gasteiger partial charge in [-0.2, -0.15) is 0 Å². The molecule has 1 spiro atoms. The van der Waals surface area contributed by atoms with Gasteiger partial charge in [-0.05, 0) is 37.1 Å². The van der Waals surface area contributed by atoms with Crippen molar-refractivity contribution in [3.05, 3.63) is 60.3 Å². The molecule has 2 aromatic rings. The molecule has 0 radical (unpaired) electrons. The van der Waals surface area contributed by atoms with Gasteiger partial charge in [0.2, 0.25) is 0 Å². The predicted molar refractivity (Wildman–Crippen MR) is 96.3 cm³/mol. The largest absolute Gasteiger partial charge is 0.453 e. The lowest BCUT2D eigenvalue weighted by molar-refractivity contribution is -0.171. The van der Waals surface area contributed by atoms with Crippen LogP contribution < -0.4 is 9.64 Å². The molecule has 2 aromatic carbocycles. The summed E-state index contributed by atoms with van der Waals surface area (Å²) in [4.78, 5) is 2.26. The number of hydrogen-bond acceptors (Lipinski definition) is 4. The first-order valence-corrected chi connectivity index (χ1v) is 8.96. The molecule has 4 heteroatoms. The maximum Gasteiger partial charge on any atom is 0.169 e. The number of para-hydroxylation sites is 4. The lowest BCUT2D eigenvalue weighted by atomic mass is 9.90. The Balaban J connectivity index is 1.48. The number of benzene rings is 2. The van der Waals surface area contributed by atoms with E-state index in [0.717, 1.165) is 61.8 Å². The summed E-state index contributed by atoms with van der Waals surface area (Å²) in [5.41, 5.74) is 3.60. The molecule has 1 aliphatic carbocycles. The molecule has 3 aliphatic rings. The third-order valence-corrected chi connectivity index (χ3v) is 5.25. The third-order valence-electron chi connectivity index (χ3n) is 5.25. The first kappa shape index (κ1) is 15.0. The molecule has 25 heavy (non-hydrogen) atoms. The Morgan fingerprint density at radius 3 is 1.96 bits per heavy atom. The minimum Gasteiger partial charge on any atom is -0.453 e. The van der Waals surface area contributed by atoms with Crippen LogP contribution >= 0.6 is 0 Å². The molecule has 128 valence electrons. The molecule has 0 amide bonds. The fourth-order valence-electron chi connectivity index (χ4n) is 3.92. The standard InChI is InChI=1S/C21H21NO3/c1-3-7-19-17(5-1)22(18-6-2-4-8-20(18)25-19)15-16-9-11-21(12-10-16)23-13-14-24-21/h1-8,15H,9-14H2. The molecule has 0 N–H and O–H groups in total. The maximum absolute atomic E-state index is 6.06. The van der Waals surface area contributed by atoms with Crippen LogP contribution in [0.5, 0.6) is 11.5 Å². The monoisotopic (exact) mass is 335 g/mol. The Kier molecular flexibility index (Phi) is 3.54. The number of anilines is 2. The fraction of sp³-hybridized carbons (Fsp3) is 0.333. The predicted octanol–water partition coefficient (Wildman–Crippen LogP) is 5.13. The molecule has 0 bridgehead atoms. The zero-order chi connectivity index (χ0) is 16.7. The Bertz CT molecular complexity index is 766. The summed E-state index contributed by atoms with van der Waals surface area (Å²) in [6.07, 6.45) is 6.16. The summed E-state index contributed by atoms with van der Waals surface area (Å²) in [6.45, 7) is 1.45. The van der Waals surface area contributed by atoms with Crippen molar-refractivity contribution in [1.82, 2.24) is 0 Å². The van der Waals surface area contributed by atoms with Gasteiger partial charge in [0.1, 0.15) is 0 Å². The third kappa shape index (κ3) is 2.62. The molecule has 1 saturated heterocycles. The minimum absolute atomic E-state index is 0.321. The van der Waals surface area contributed by atoms with Gasteiger partial charge in [0.15, 0.2) is 17.3 Å². The number of fused-ring (bicyclic) bond motifs is 2. The number of rotatable bonds is 1. The van der Waals surface area contributed by atoms with Gasteiger partial charge < -0.3 is 19.1 Å². The minimum atomic E-state index is -0.321. The Morgan fingerprint density at radius 2 is 1.36 bits per heavy atom. The molecular weight excluding hydrogens is 314 g/mol. The lowest BCUT2D eigenvalue weighted by Crippen LogP contribution is -2.33. The molecule has 2 fully saturated rings. The molecule has 2 heterocycles. The zero-order valence-corrected chi connectivity index (χ0v) is 14.1. The highest BCUT2D eigenvalue weighted by molar-refractivity contribution is 5.79. The molecule has 0 atom stereocenters. The van der Waals surface area contributed by atoms with Crippen LogP contribution in [0.4, 0.5) is 11.4 Å². The second kappa shape index (κ2) is 5.90. The van der Waals surface area contributed by atoms with Crippen LogP contribution in [-0.2, 0) is 9.47 Å². The molecular formula is C21H21NO3. The van der Waals surface area contributed by atoms with Crippen molar-refractivity contribution in [3.8, 4) is 11.5 Å². The first-order valence-electron chi connectivity index (χ1n) is 8.96. The van der Waals surface area contributed by atoms with E-state index in [0.29, 0.717) is 0 Å². The summed E-state index contributed by atoms with van der Waals surface area (Å²) >= 11 is 0. The maximum atomic E-state index is 6.06. The summed E-state index contributed by atoms with van der Waals surface area (Å²) in [7, 11) is 0. The van der Waals surface area contributed by atoms with E-state index in [4.69, 9.17) is 14.2 Å². The molecule has 0 unspecified atom stereocenters. The van der Waals surface area contributed by atoms with Crippen molar-refractivity contribution in [2.24, 2.45) is 0 Å². The number of nitrogens with zero attached hydrogens (tertiary/aromatic N) is 1. The van der Waals surface area contributed by atoms with E-state index in [2.05, 4.69) is 35.4 Å². The summed E-state index contributed by atoms with van der Waals surface area (Å²) in [5.74, 6) is 1.47. The Hall–Kier alpha value is -2.30. The molecule has 5 rings (SSSR count). The number of hydrogen-bond donors (Lipinski definition) is 0. The van der Waals surface area contributed by atoms with Crippen molar-refractivity contribution < 1.29 is 14.2 Å². The highest BCUT2D eigenvalue weighted by Crippen LogP contribution is 2.47. The van der Waals surface area contributed by atoms with Gasteiger partial charge in [0, 0.05) is 19.0 Å². The first-order chi connectivity index (χ1) is 12.3. The van der Waals surface area contributed by atoms with Crippen molar-refractivity contribution >= 4 is 11.4 Å². The van der Waals surface area contributed by atoms with Crippen LogP contribution in [0, 0.1) is 0 Å². The highest BCUT2D eigenvalue weighted by atomic mass is 16.7. The van der Waals surface area contributed by atoms with Crippen LogP contribution in [-0.4, -0.2) is 19.0 Å². The molecule has 1 saturated carbocycles. The Labute approximate surface area is 147 Å². The quantitative estimate of drug-likeness (QED) is 0.723. The van der Waals surface area contributed by atoms with Gasteiger partial charge in [-0.15, -0.1) is 0 Å². The van der Waals surface area contributed by atoms with Crippen molar-refractivity contribution in [2.45, 2.75) is 31.5 Å². The van der Waals surface area contributed by atoms with Crippen LogP contribution in [0.3, 0.4) is 0 Å². The topological polar surface area (TPSA) is 30.9 Å². The van der Waals surface area contributed by atoms with Gasteiger partial charge in [0.25, 0.3) is 0 Å². The van der Waals surface area contributed by atoms with E-state index in [1.54, 1.807) is 0 Å². The Morgan fingerprint density at radius 1 is 0.800 bits per heavy atom. The summed E-state index contributed by atoms with van der Waals surface area (Å²) < 4.78 is 17.8. The molecule has 4 nitrogen and oxygen atoms in total. The summed E-state index contributed by atoms with van der Waals surface area (Å²) in [5, 5.41) is 0. The second-order valence-corrected chi connectivity index (χ2v) is 6.80. The highest BCUT2D eigenvalue weighted by Gasteiger charge is 2.39. The van der Waals surface area contributed by atoms with Crippen LogP contribution in [0.25, 0.3) is 0 Å². The van der Waals surface area contributed by atoms with E-state index in [1.807, 2.05) is 24.3 Å². The van der Waals surface area contributed by atoms with Crippen LogP contribution in [0.15, 0.2) is 60.3 Å². The SMILES string of the molecule is C(=C1CCC2(CC1)OCCO2)N1c2ccccc2Oc2ccccc21. The van der Waals surface area contributed by atoms with Crippen LogP contribution in [0.1, 0.15) is 25.7 Å². The zero-order valence-electron chi connectivity index (χ0n) is 14.1. The summed E-state index contributed by atoms with van der Waals surface area (Å²) in [6, 6.07) is 16.4. The van der Waals surface area contributed by atoms with Crippen molar-refractivity contribution in [1.29, 1.82) is 0 Å². The van der Waals surface area contributed by atoms with Gasteiger partial charge in [0.05, 0.1) is 24.6 Å².